The topological polar surface area (TPSA) is 54.8 Å². The lowest BCUT2D eigenvalue weighted by atomic mass is 10.1. The van der Waals surface area contributed by atoms with Crippen LogP contribution in [0.3, 0.4) is 0 Å². The Hall–Kier alpha value is -2.97. The maximum absolute atomic E-state index is 12.7. The van der Waals surface area contributed by atoms with E-state index in [-0.39, 0.29) is 18.6 Å². The van der Waals surface area contributed by atoms with Gasteiger partial charge in [-0.05, 0) is 48.5 Å². The average molecular weight is 465 g/mol. The van der Waals surface area contributed by atoms with E-state index in [0.29, 0.717) is 41.6 Å². The molecule has 0 radical (unpaired) electrons. The highest BCUT2D eigenvalue weighted by molar-refractivity contribution is 6.30. The molecule has 5 nitrogen and oxygen atoms in total. The predicted octanol–water partition coefficient (Wildman–Crippen LogP) is 5.70. The molecule has 32 heavy (non-hydrogen) atoms. The summed E-state index contributed by atoms with van der Waals surface area (Å²) in [5.74, 6) is 1.37. The van der Waals surface area contributed by atoms with Crippen molar-refractivity contribution in [1.82, 2.24) is 4.98 Å². The van der Waals surface area contributed by atoms with E-state index in [2.05, 4.69) is 9.88 Å². The molecule has 4 rings (SSSR count). The number of hydrogen-bond acceptors (Lipinski definition) is 5. The van der Waals surface area contributed by atoms with Gasteiger partial charge < -0.3 is 19.5 Å². The van der Waals surface area contributed by atoms with Gasteiger partial charge in [0.15, 0.2) is 0 Å². The first-order valence-corrected chi connectivity index (χ1v) is 10.3. The van der Waals surface area contributed by atoms with Gasteiger partial charge in [-0.2, -0.15) is 13.2 Å². The second-order valence-electron chi connectivity index (χ2n) is 7.36. The third-order valence-corrected chi connectivity index (χ3v) is 5.36. The summed E-state index contributed by atoms with van der Waals surface area (Å²) in [6.07, 6.45) is -3.21. The lowest BCUT2D eigenvalue weighted by Gasteiger charge is -2.22. The number of nitrogens with zero attached hydrogens (tertiary/aromatic N) is 2. The number of benzene rings is 2. The maximum atomic E-state index is 12.7. The zero-order valence-electron chi connectivity index (χ0n) is 16.8. The molecule has 3 aromatic rings. The van der Waals surface area contributed by atoms with Crippen molar-refractivity contribution in [3.8, 4) is 17.4 Å². The summed E-state index contributed by atoms with van der Waals surface area (Å²) in [5.41, 5.74) is 0.735. The zero-order valence-corrected chi connectivity index (χ0v) is 17.6. The molecular weight excluding hydrogens is 445 g/mol. The standard InChI is InChI=1S/C23H20ClF3N2O3/c24-17-2-4-18(5-3-17)31-19-6-7-21(15(11-19)14-30)29-10-9-20(13-29)32-22-8-1-16(12-28-22)23(25,26)27/h1-8,11-12,20,30H,9-10,13-14H2. The van der Waals surface area contributed by atoms with Crippen LogP contribution in [-0.2, 0) is 12.8 Å². The fourth-order valence-corrected chi connectivity index (χ4v) is 3.66. The van der Waals surface area contributed by atoms with Crippen LogP contribution >= 0.6 is 11.6 Å². The van der Waals surface area contributed by atoms with Crippen LogP contribution in [-0.4, -0.2) is 29.3 Å². The van der Waals surface area contributed by atoms with E-state index >= 15 is 0 Å². The summed E-state index contributed by atoms with van der Waals surface area (Å²) in [5, 5.41) is 10.5. The van der Waals surface area contributed by atoms with E-state index in [1.54, 1.807) is 30.3 Å². The number of hydrogen-bond donors (Lipinski definition) is 1. The van der Waals surface area contributed by atoms with E-state index in [4.69, 9.17) is 21.1 Å². The lowest BCUT2D eigenvalue weighted by molar-refractivity contribution is -0.137. The number of aromatic nitrogens is 1. The number of anilines is 1. The monoisotopic (exact) mass is 464 g/mol. The maximum Gasteiger partial charge on any atom is 0.417 e. The van der Waals surface area contributed by atoms with Crippen molar-refractivity contribution in [3.05, 3.63) is 76.9 Å². The van der Waals surface area contributed by atoms with Crippen LogP contribution in [0, 0.1) is 0 Å². The smallest absolute Gasteiger partial charge is 0.417 e. The summed E-state index contributed by atoms with van der Waals surface area (Å²) in [7, 11) is 0. The van der Waals surface area contributed by atoms with Gasteiger partial charge in [-0.3, -0.25) is 0 Å². The molecule has 1 N–H and O–H groups in total. The Balaban J connectivity index is 1.41. The molecule has 9 heteroatoms. The fourth-order valence-electron chi connectivity index (χ4n) is 3.53. The Labute approximate surface area is 188 Å². The first kappa shape index (κ1) is 22.2. The van der Waals surface area contributed by atoms with E-state index in [1.807, 2.05) is 12.1 Å². The van der Waals surface area contributed by atoms with Gasteiger partial charge >= 0.3 is 6.18 Å². The van der Waals surface area contributed by atoms with Crippen molar-refractivity contribution < 1.29 is 27.8 Å². The second-order valence-corrected chi connectivity index (χ2v) is 7.80. The molecule has 0 amide bonds. The van der Waals surface area contributed by atoms with Gasteiger partial charge in [0.05, 0.1) is 18.7 Å². The first-order chi connectivity index (χ1) is 15.3. The largest absolute Gasteiger partial charge is 0.472 e. The second kappa shape index (κ2) is 9.26. The Morgan fingerprint density at radius 2 is 1.81 bits per heavy atom. The molecule has 168 valence electrons. The van der Waals surface area contributed by atoms with Crippen LogP contribution in [0.25, 0.3) is 0 Å². The Bertz CT molecular complexity index is 1060. The summed E-state index contributed by atoms with van der Waals surface area (Å²) in [6, 6.07) is 14.6. The third kappa shape index (κ3) is 5.26. The minimum absolute atomic E-state index is 0.152. The van der Waals surface area contributed by atoms with Gasteiger partial charge in [0.2, 0.25) is 5.88 Å². The minimum atomic E-state index is -4.43. The molecule has 1 aliphatic rings. The highest BCUT2D eigenvalue weighted by atomic mass is 35.5. The lowest BCUT2D eigenvalue weighted by Crippen LogP contribution is -2.25. The number of alkyl halides is 3. The highest BCUT2D eigenvalue weighted by Crippen LogP contribution is 2.32. The van der Waals surface area contributed by atoms with Crippen molar-refractivity contribution in [2.45, 2.75) is 25.3 Å². The van der Waals surface area contributed by atoms with Crippen LogP contribution in [0.1, 0.15) is 17.5 Å². The Morgan fingerprint density at radius 1 is 1.06 bits per heavy atom. The highest BCUT2D eigenvalue weighted by Gasteiger charge is 2.31. The number of aliphatic hydroxyl groups is 1. The molecule has 1 fully saturated rings. The predicted molar refractivity (Wildman–Crippen MR) is 114 cm³/mol. The number of halogens is 4. The zero-order chi connectivity index (χ0) is 22.7. The van der Waals surface area contributed by atoms with Gasteiger partial charge in [-0.25, -0.2) is 4.98 Å². The molecule has 2 heterocycles. The van der Waals surface area contributed by atoms with Crippen molar-refractivity contribution in [2.75, 3.05) is 18.0 Å². The summed E-state index contributed by atoms with van der Waals surface area (Å²) < 4.78 is 49.6. The first-order valence-electron chi connectivity index (χ1n) is 9.94. The molecule has 0 aliphatic carbocycles. The van der Waals surface area contributed by atoms with Gasteiger partial charge in [0.25, 0.3) is 0 Å². The molecule has 1 saturated heterocycles. The van der Waals surface area contributed by atoms with E-state index < -0.39 is 11.7 Å². The third-order valence-electron chi connectivity index (χ3n) is 5.11. The average Bonchev–Trinajstić information content (AvgIpc) is 3.23. The van der Waals surface area contributed by atoms with Gasteiger partial charge in [0.1, 0.15) is 17.6 Å². The number of pyridine rings is 1. The van der Waals surface area contributed by atoms with Crippen LogP contribution in [0.5, 0.6) is 17.4 Å². The summed E-state index contributed by atoms with van der Waals surface area (Å²) in [6.45, 7) is 1.03. The molecule has 1 aromatic heterocycles. The van der Waals surface area contributed by atoms with Gasteiger partial charge in [-0.15, -0.1) is 0 Å². The molecule has 0 saturated carbocycles. The molecule has 1 atom stereocenters. The molecule has 1 aliphatic heterocycles. The summed E-state index contributed by atoms with van der Waals surface area (Å²) in [4.78, 5) is 5.83. The Morgan fingerprint density at radius 3 is 2.47 bits per heavy atom. The van der Waals surface area contributed by atoms with E-state index in [1.165, 1.54) is 6.07 Å². The van der Waals surface area contributed by atoms with Crippen molar-refractivity contribution in [2.24, 2.45) is 0 Å². The molecule has 2 aromatic carbocycles. The minimum Gasteiger partial charge on any atom is -0.472 e. The fraction of sp³-hybridized carbons (Fsp3) is 0.261. The normalized spacial score (nSPS) is 16.3. The molecule has 0 spiro atoms. The van der Waals surface area contributed by atoms with Crippen molar-refractivity contribution in [3.63, 3.8) is 0 Å². The summed E-state index contributed by atoms with van der Waals surface area (Å²) >= 11 is 5.89. The Kier molecular flexibility index (Phi) is 6.43. The van der Waals surface area contributed by atoms with Crippen molar-refractivity contribution in [1.29, 1.82) is 0 Å². The number of rotatable bonds is 6. The quantitative estimate of drug-likeness (QED) is 0.507. The number of ether oxygens (including phenoxy) is 2. The molecular formula is C23H20ClF3N2O3. The van der Waals surface area contributed by atoms with Crippen LogP contribution < -0.4 is 14.4 Å². The molecule has 1 unspecified atom stereocenters. The van der Waals surface area contributed by atoms with E-state index in [0.717, 1.165) is 18.0 Å². The van der Waals surface area contributed by atoms with Crippen molar-refractivity contribution >= 4 is 17.3 Å². The molecule has 0 bridgehead atoms. The van der Waals surface area contributed by atoms with E-state index in [9.17, 15) is 18.3 Å². The van der Waals surface area contributed by atoms with Crippen LogP contribution in [0.2, 0.25) is 5.02 Å². The number of aliphatic hydroxyl groups excluding tert-OH is 1. The van der Waals surface area contributed by atoms with Crippen LogP contribution in [0.4, 0.5) is 18.9 Å². The van der Waals surface area contributed by atoms with Gasteiger partial charge in [-0.1, -0.05) is 11.6 Å². The van der Waals surface area contributed by atoms with Gasteiger partial charge in [0, 0.05) is 41.5 Å². The van der Waals surface area contributed by atoms with Crippen LogP contribution in [0.15, 0.2) is 60.8 Å². The SMILES string of the molecule is OCc1cc(Oc2ccc(Cl)cc2)ccc1N1CCC(Oc2ccc(C(F)(F)F)cn2)C1.